The first-order valence-corrected chi connectivity index (χ1v) is 3.72. The normalized spacial score (nSPS) is 20.9. The number of halogens is 1. The van der Waals surface area contributed by atoms with Crippen LogP contribution in [-0.4, -0.2) is 24.8 Å². The van der Waals surface area contributed by atoms with E-state index in [1.54, 1.807) is 0 Å². The molecule has 1 aliphatic heterocycles. The zero-order valence-electron chi connectivity index (χ0n) is 5.52. The molecule has 1 unspecified atom stereocenters. The number of hydrogen-bond acceptors (Lipinski definition) is 2. The Morgan fingerprint density at radius 2 is 2.67 bits per heavy atom. The molecule has 0 spiro atoms. The Balaban J connectivity index is 2.40. The van der Waals surface area contributed by atoms with Gasteiger partial charge in [-0.25, -0.2) is 0 Å². The summed E-state index contributed by atoms with van der Waals surface area (Å²) in [7, 11) is 0. The Labute approximate surface area is 60.3 Å². The molecule has 52 valence electrons. The fourth-order valence-electron chi connectivity index (χ4n) is 0.819. The van der Waals surface area contributed by atoms with Gasteiger partial charge in [-0.15, -0.1) is 11.6 Å². The van der Waals surface area contributed by atoms with E-state index >= 15 is 0 Å². The van der Waals surface area contributed by atoms with Gasteiger partial charge in [-0.3, -0.25) is 4.99 Å². The number of nitrogens with zero attached hydrogens (tertiary/aromatic N) is 1. The van der Waals surface area contributed by atoms with E-state index in [1.807, 2.05) is 0 Å². The predicted octanol–water partition coefficient (Wildman–Crippen LogP) is 0.863. The van der Waals surface area contributed by atoms with Gasteiger partial charge < -0.3 is 5.32 Å². The average Bonchev–Trinajstić information content (AvgIpc) is 2.37. The molecule has 1 rings (SSSR count). The highest BCUT2D eigenvalue weighted by atomic mass is 35.5. The minimum absolute atomic E-state index is 0.397. The molecule has 9 heavy (non-hydrogen) atoms. The molecule has 0 amide bonds. The predicted molar refractivity (Wildman–Crippen MR) is 40.2 cm³/mol. The Bertz CT molecular complexity index is 122. The molecule has 0 aromatic rings. The molecule has 1 aliphatic rings. The molecule has 2 nitrogen and oxygen atoms in total. The summed E-state index contributed by atoms with van der Waals surface area (Å²) < 4.78 is 0. The van der Waals surface area contributed by atoms with E-state index in [9.17, 15) is 0 Å². The quantitative estimate of drug-likeness (QED) is 0.575. The lowest BCUT2D eigenvalue weighted by molar-refractivity contribution is 0.846. The average molecular weight is 147 g/mol. The SMILES string of the molecule is CC(CCl)C1=NCCN1. The second-order valence-electron chi connectivity index (χ2n) is 2.25. The monoisotopic (exact) mass is 146 g/mol. The van der Waals surface area contributed by atoms with Gasteiger partial charge in [0.1, 0.15) is 5.84 Å². The third kappa shape index (κ3) is 1.58. The molecule has 0 saturated carbocycles. The van der Waals surface area contributed by atoms with E-state index < -0.39 is 0 Å². The molecule has 0 saturated heterocycles. The van der Waals surface area contributed by atoms with Crippen molar-refractivity contribution in [3.05, 3.63) is 0 Å². The van der Waals surface area contributed by atoms with E-state index in [1.165, 1.54) is 0 Å². The number of aliphatic imine (C=N–C) groups is 1. The van der Waals surface area contributed by atoms with Gasteiger partial charge in [-0.2, -0.15) is 0 Å². The smallest absolute Gasteiger partial charge is 0.100 e. The Kier molecular flexibility index (Phi) is 2.34. The molecular weight excluding hydrogens is 136 g/mol. The van der Waals surface area contributed by atoms with Crippen molar-refractivity contribution in [2.24, 2.45) is 10.9 Å². The summed E-state index contributed by atoms with van der Waals surface area (Å²) in [5.41, 5.74) is 0. The number of amidine groups is 1. The molecule has 1 atom stereocenters. The molecular formula is C6H11ClN2. The van der Waals surface area contributed by atoms with Crippen LogP contribution in [0.4, 0.5) is 0 Å². The van der Waals surface area contributed by atoms with Crippen LogP contribution in [0.5, 0.6) is 0 Å². The second kappa shape index (κ2) is 3.06. The topological polar surface area (TPSA) is 24.4 Å². The maximum Gasteiger partial charge on any atom is 0.100 e. The highest BCUT2D eigenvalue weighted by Crippen LogP contribution is 2.02. The molecule has 0 aliphatic carbocycles. The molecule has 0 aromatic carbocycles. The van der Waals surface area contributed by atoms with E-state index in [0.29, 0.717) is 11.8 Å². The summed E-state index contributed by atoms with van der Waals surface area (Å²) in [6, 6.07) is 0. The van der Waals surface area contributed by atoms with Gasteiger partial charge in [0.25, 0.3) is 0 Å². The molecule has 0 bridgehead atoms. The summed E-state index contributed by atoms with van der Waals surface area (Å²) in [4.78, 5) is 4.23. The van der Waals surface area contributed by atoms with Crippen molar-refractivity contribution in [2.45, 2.75) is 6.92 Å². The molecule has 0 aromatic heterocycles. The molecule has 1 heterocycles. The number of hydrogen-bond donors (Lipinski definition) is 1. The molecule has 3 heteroatoms. The van der Waals surface area contributed by atoms with Gasteiger partial charge in [0.05, 0.1) is 6.54 Å². The minimum Gasteiger partial charge on any atom is -0.372 e. The van der Waals surface area contributed by atoms with Crippen molar-refractivity contribution in [2.75, 3.05) is 19.0 Å². The van der Waals surface area contributed by atoms with Crippen LogP contribution in [0, 0.1) is 5.92 Å². The van der Waals surface area contributed by atoms with Gasteiger partial charge in [0.2, 0.25) is 0 Å². The van der Waals surface area contributed by atoms with Crippen LogP contribution in [0.3, 0.4) is 0 Å². The van der Waals surface area contributed by atoms with Gasteiger partial charge in [0.15, 0.2) is 0 Å². The van der Waals surface area contributed by atoms with Crippen LogP contribution in [0.15, 0.2) is 4.99 Å². The first-order chi connectivity index (χ1) is 4.34. The van der Waals surface area contributed by atoms with Crippen molar-refractivity contribution in [1.29, 1.82) is 0 Å². The second-order valence-corrected chi connectivity index (χ2v) is 2.56. The Hall–Kier alpha value is -0.240. The van der Waals surface area contributed by atoms with Crippen LogP contribution < -0.4 is 5.32 Å². The van der Waals surface area contributed by atoms with Crippen LogP contribution in [0.25, 0.3) is 0 Å². The summed E-state index contributed by atoms with van der Waals surface area (Å²) in [5.74, 6) is 2.13. The van der Waals surface area contributed by atoms with Crippen LogP contribution in [0.1, 0.15) is 6.92 Å². The van der Waals surface area contributed by atoms with Crippen molar-refractivity contribution < 1.29 is 0 Å². The highest BCUT2D eigenvalue weighted by Gasteiger charge is 2.11. The maximum absolute atomic E-state index is 5.61. The summed E-state index contributed by atoms with van der Waals surface area (Å²) in [6.07, 6.45) is 0. The van der Waals surface area contributed by atoms with Crippen LogP contribution in [0.2, 0.25) is 0 Å². The van der Waals surface area contributed by atoms with Crippen molar-refractivity contribution >= 4 is 17.4 Å². The zero-order chi connectivity index (χ0) is 6.69. The maximum atomic E-state index is 5.61. The summed E-state index contributed by atoms with van der Waals surface area (Å²) >= 11 is 5.61. The number of rotatable bonds is 2. The van der Waals surface area contributed by atoms with Crippen molar-refractivity contribution in [1.82, 2.24) is 5.32 Å². The minimum atomic E-state index is 0.397. The van der Waals surface area contributed by atoms with Crippen LogP contribution in [-0.2, 0) is 0 Å². The number of alkyl halides is 1. The van der Waals surface area contributed by atoms with E-state index in [0.717, 1.165) is 18.9 Å². The first-order valence-electron chi connectivity index (χ1n) is 3.18. The largest absolute Gasteiger partial charge is 0.372 e. The fourth-order valence-corrected chi connectivity index (χ4v) is 0.966. The van der Waals surface area contributed by atoms with Gasteiger partial charge in [0, 0.05) is 18.3 Å². The number of nitrogens with one attached hydrogen (secondary N) is 1. The highest BCUT2D eigenvalue weighted by molar-refractivity contribution is 6.19. The van der Waals surface area contributed by atoms with Crippen LogP contribution >= 0.6 is 11.6 Å². The third-order valence-corrected chi connectivity index (χ3v) is 1.86. The Morgan fingerprint density at radius 3 is 3.11 bits per heavy atom. The van der Waals surface area contributed by atoms with E-state index in [2.05, 4.69) is 17.2 Å². The van der Waals surface area contributed by atoms with Gasteiger partial charge in [-0.05, 0) is 0 Å². The molecule has 1 N–H and O–H groups in total. The summed E-state index contributed by atoms with van der Waals surface area (Å²) in [5, 5.41) is 3.17. The molecule has 0 fully saturated rings. The fraction of sp³-hybridized carbons (Fsp3) is 0.833. The van der Waals surface area contributed by atoms with Crippen molar-refractivity contribution in [3.8, 4) is 0 Å². The zero-order valence-corrected chi connectivity index (χ0v) is 6.28. The first kappa shape index (κ1) is 6.87. The van der Waals surface area contributed by atoms with E-state index in [4.69, 9.17) is 11.6 Å². The molecule has 0 radical (unpaired) electrons. The lowest BCUT2D eigenvalue weighted by Gasteiger charge is -2.06. The van der Waals surface area contributed by atoms with Gasteiger partial charge >= 0.3 is 0 Å². The lowest BCUT2D eigenvalue weighted by Crippen LogP contribution is -2.25. The lowest BCUT2D eigenvalue weighted by atomic mass is 10.2. The van der Waals surface area contributed by atoms with Crippen molar-refractivity contribution in [3.63, 3.8) is 0 Å². The Morgan fingerprint density at radius 1 is 1.89 bits per heavy atom. The third-order valence-electron chi connectivity index (χ3n) is 1.40. The summed E-state index contributed by atoms with van der Waals surface area (Å²) in [6.45, 7) is 3.97. The van der Waals surface area contributed by atoms with Gasteiger partial charge in [-0.1, -0.05) is 6.92 Å². The van der Waals surface area contributed by atoms with E-state index in [-0.39, 0.29) is 0 Å². The standard InChI is InChI=1S/C6H11ClN2/c1-5(4-7)6-8-2-3-9-6/h5H,2-4H2,1H3,(H,8,9).